The summed E-state index contributed by atoms with van der Waals surface area (Å²) in [6, 6.07) is 9.36. The van der Waals surface area contributed by atoms with Crippen LogP contribution in [0.2, 0.25) is 0 Å². The zero-order chi connectivity index (χ0) is 7.40. The second-order valence-electron chi connectivity index (χ2n) is 1.93. The standard InChI is InChI=1S/C6H6BO2.Hg/c8-7(9)6-4-2-1-3-5-6;/h1-5,8H;/q-1;+1. The summed E-state index contributed by atoms with van der Waals surface area (Å²) in [6.07, 6.45) is 0. The van der Waals surface area contributed by atoms with E-state index >= 15 is 0 Å². The Morgan fingerprint density at radius 2 is 1.90 bits per heavy atom. The Morgan fingerprint density at radius 3 is 2.40 bits per heavy atom. The molecule has 0 unspecified atom stereocenters. The van der Waals surface area contributed by atoms with Gasteiger partial charge in [-0.05, 0) is 0 Å². The quantitative estimate of drug-likeness (QED) is 0.768. The van der Waals surface area contributed by atoms with E-state index in [0.717, 1.165) is 5.46 Å². The molecule has 2 nitrogen and oxygen atoms in total. The zero-order valence-electron chi connectivity index (χ0n) is 5.53. The molecule has 1 rings (SSSR count). The first-order valence-corrected chi connectivity index (χ1v) is 5.23. The van der Waals surface area contributed by atoms with Crippen LogP contribution in [0.1, 0.15) is 0 Å². The van der Waals surface area contributed by atoms with E-state index in [1.165, 1.54) is 0 Å². The zero-order valence-corrected chi connectivity index (χ0v) is 11.0. The van der Waals surface area contributed by atoms with Gasteiger partial charge in [-0.2, -0.15) is 0 Å². The van der Waals surface area contributed by atoms with Crippen LogP contribution < -0.4 is 5.46 Å². The maximum atomic E-state index is 9.16. The minimum absolute atomic E-state index is 0.193. The van der Waals surface area contributed by atoms with Gasteiger partial charge in [-0.25, -0.2) is 0 Å². The van der Waals surface area contributed by atoms with Crippen molar-refractivity contribution in [2.75, 3.05) is 0 Å². The summed E-state index contributed by atoms with van der Waals surface area (Å²) in [5.74, 6) is 0. The first kappa shape index (κ1) is 8.24. The topological polar surface area (TPSA) is 29.5 Å². The SMILES string of the molecule is OB([O][Hg])c1ccccc1. The second-order valence-corrected chi connectivity index (χ2v) is 3.23. The van der Waals surface area contributed by atoms with E-state index in [9.17, 15) is 0 Å². The summed E-state index contributed by atoms with van der Waals surface area (Å²) >= 11 is 0.193. The molecule has 10 heavy (non-hydrogen) atoms. The number of hydrogen-bond donors (Lipinski definition) is 1. The van der Waals surface area contributed by atoms with Crippen molar-refractivity contribution in [1.82, 2.24) is 0 Å². The molecular formula is C6H6BHgO2. The van der Waals surface area contributed by atoms with Crippen LogP contribution in [0.3, 0.4) is 0 Å². The van der Waals surface area contributed by atoms with Crippen molar-refractivity contribution in [2.45, 2.75) is 0 Å². The molecule has 0 spiro atoms. The Morgan fingerprint density at radius 1 is 1.30 bits per heavy atom. The van der Waals surface area contributed by atoms with Crippen LogP contribution in [-0.4, -0.2) is 12.1 Å². The van der Waals surface area contributed by atoms with Crippen LogP contribution >= 0.6 is 0 Å². The fraction of sp³-hybridized carbons (Fsp3) is 0. The molecule has 0 aliphatic rings. The normalized spacial score (nSPS) is 9.50. The van der Waals surface area contributed by atoms with Gasteiger partial charge in [-0.15, -0.1) is 0 Å². The van der Waals surface area contributed by atoms with Crippen LogP contribution in [0.4, 0.5) is 0 Å². The van der Waals surface area contributed by atoms with Crippen molar-refractivity contribution in [3.8, 4) is 0 Å². The monoisotopic (exact) mass is 323 g/mol. The van der Waals surface area contributed by atoms with Crippen molar-refractivity contribution < 1.29 is 34.2 Å². The van der Waals surface area contributed by atoms with E-state index in [0.29, 0.717) is 0 Å². The first-order valence-electron chi connectivity index (χ1n) is 2.98. The van der Waals surface area contributed by atoms with Crippen LogP contribution in [-0.2, 0) is 29.1 Å². The Bertz CT molecular complexity index is 192. The van der Waals surface area contributed by atoms with Gasteiger partial charge < -0.3 is 0 Å². The Balaban J connectivity index is 2.75. The van der Waals surface area contributed by atoms with Gasteiger partial charge in [0.15, 0.2) is 0 Å². The summed E-state index contributed by atoms with van der Waals surface area (Å²) < 4.78 is 4.89. The number of rotatable bonds is 2. The fourth-order valence-corrected chi connectivity index (χ4v) is 1.46. The molecule has 0 saturated carbocycles. The summed E-state index contributed by atoms with van der Waals surface area (Å²) in [4.78, 5) is 0. The summed E-state index contributed by atoms with van der Waals surface area (Å²) in [7, 11) is -0.704. The van der Waals surface area contributed by atoms with E-state index in [1.54, 1.807) is 0 Å². The molecule has 1 aromatic carbocycles. The summed E-state index contributed by atoms with van der Waals surface area (Å²) in [5, 5.41) is 9.16. The number of hydrogen-bond acceptors (Lipinski definition) is 2. The molecule has 47 valence electrons. The van der Waals surface area contributed by atoms with Gasteiger partial charge in [0.05, 0.1) is 0 Å². The summed E-state index contributed by atoms with van der Waals surface area (Å²) in [6.45, 7) is 0. The summed E-state index contributed by atoms with van der Waals surface area (Å²) in [5.41, 5.74) is 0.831. The van der Waals surface area contributed by atoms with E-state index in [-0.39, 0.29) is 26.6 Å². The maximum absolute atomic E-state index is 9.16. The fourth-order valence-electron chi connectivity index (χ4n) is 0.714. The van der Waals surface area contributed by atoms with Gasteiger partial charge in [-0.1, -0.05) is 0 Å². The van der Waals surface area contributed by atoms with Crippen molar-refractivity contribution in [2.24, 2.45) is 0 Å². The van der Waals surface area contributed by atoms with Gasteiger partial charge in [-0.3, -0.25) is 0 Å². The molecular weight excluding hydrogens is 315 g/mol. The second kappa shape index (κ2) is 4.11. The molecule has 0 radical (unpaired) electrons. The molecule has 0 saturated heterocycles. The van der Waals surface area contributed by atoms with Gasteiger partial charge in [0.2, 0.25) is 0 Å². The first-order chi connectivity index (χ1) is 4.84. The van der Waals surface area contributed by atoms with E-state index in [1.807, 2.05) is 30.3 Å². The number of benzene rings is 1. The third-order valence-corrected chi connectivity index (χ3v) is 2.47. The molecule has 0 aromatic heterocycles. The van der Waals surface area contributed by atoms with Crippen LogP contribution in [0.5, 0.6) is 0 Å². The van der Waals surface area contributed by atoms with Gasteiger partial charge in [0, 0.05) is 0 Å². The third-order valence-electron chi connectivity index (χ3n) is 1.24. The molecule has 0 atom stereocenters. The van der Waals surface area contributed by atoms with Crippen molar-refractivity contribution in [3.63, 3.8) is 0 Å². The molecule has 0 aliphatic heterocycles. The van der Waals surface area contributed by atoms with E-state index in [4.69, 9.17) is 7.59 Å². The molecule has 0 amide bonds. The van der Waals surface area contributed by atoms with Gasteiger partial charge in [0.25, 0.3) is 0 Å². The van der Waals surface area contributed by atoms with E-state index < -0.39 is 7.12 Å². The third kappa shape index (κ3) is 2.08. The molecule has 0 aliphatic carbocycles. The molecule has 1 N–H and O–H groups in total. The molecule has 0 bridgehead atoms. The van der Waals surface area contributed by atoms with Crippen LogP contribution in [0, 0.1) is 0 Å². The molecule has 0 heterocycles. The average molecular weight is 322 g/mol. The Hall–Kier alpha value is 0.140. The molecule has 1 aromatic rings. The minimum atomic E-state index is -0.704. The van der Waals surface area contributed by atoms with Crippen LogP contribution in [0.25, 0.3) is 0 Å². The predicted molar refractivity (Wildman–Crippen MR) is 35.1 cm³/mol. The van der Waals surface area contributed by atoms with Crippen molar-refractivity contribution in [3.05, 3.63) is 30.3 Å². The molecule has 4 heteroatoms. The Labute approximate surface area is 77.0 Å². The average Bonchev–Trinajstić information content (AvgIpc) is 2.05. The van der Waals surface area contributed by atoms with E-state index in [2.05, 4.69) is 0 Å². The Kier molecular flexibility index (Phi) is 3.39. The predicted octanol–water partition coefficient (Wildman–Crippen LogP) is -0.147. The van der Waals surface area contributed by atoms with Gasteiger partial charge in [0.1, 0.15) is 0 Å². The van der Waals surface area contributed by atoms with Crippen LogP contribution in [0.15, 0.2) is 30.3 Å². The van der Waals surface area contributed by atoms with Gasteiger partial charge >= 0.3 is 77.1 Å². The molecule has 0 fully saturated rings. The van der Waals surface area contributed by atoms with Crippen molar-refractivity contribution >= 4 is 12.6 Å². The van der Waals surface area contributed by atoms with Crippen molar-refractivity contribution in [1.29, 1.82) is 0 Å².